The van der Waals surface area contributed by atoms with Crippen molar-refractivity contribution in [2.24, 2.45) is 11.8 Å². The number of hydrogen-bond acceptors (Lipinski definition) is 14. The van der Waals surface area contributed by atoms with E-state index in [-0.39, 0.29) is 5.56 Å². The molecule has 1 aromatic rings. The van der Waals surface area contributed by atoms with Crippen LogP contribution < -0.4 is 0 Å². The number of benzene rings is 1. The number of carbonyl (C=O) groups excluding carboxylic acids is 1. The zero-order valence-electron chi connectivity index (χ0n) is 18.6. The summed E-state index contributed by atoms with van der Waals surface area (Å²) in [5.74, 6) is -4.35. The lowest BCUT2D eigenvalue weighted by molar-refractivity contribution is -0.348. The molecule has 14 nitrogen and oxygen atoms in total. The third-order valence-electron chi connectivity index (χ3n) is 6.83. The number of aromatic hydroxyl groups is 2. The molecule has 1 saturated carbocycles. The van der Waals surface area contributed by atoms with E-state index in [9.17, 15) is 50.8 Å². The predicted octanol–water partition coefficient (Wildman–Crippen LogP) is -3.36. The van der Waals surface area contributed by atoms with Gasteiger partial charge in [-0.2, -0.15) is 0 Å². The summed E-state index contributed by atoms with van der Waals surface area (Å²) in [5.41, 5.74) is -2.50. The number of carbonyl (C=O) groups is 1. The summed E-state index contributed by atoms with van der Waals surface area (Å²) in [6.07, 6.45) is -10.4. The molecule has 14 heteroatoms. The second-order valence-electron chi connectivity index (χ2n) is 8.94. The quantitative estimate of drug-likeness (QED) is 0.133. The molecule has 4 rings (SSSR count). The maximum absolute atomic E-state index is 12.7. The predicted molar refractivity (Wildman–Crippen MR) is 113 cm³/mol. The largest absolute Gasteiger partial charge is 0.504 e. The fourth-order valence-electron chi connectivity index (χ4n) is 4.79. The number of esters is 1. The lowest BCUT2D eigenvalue weighted by Crippen LogP contribution is -2.61. The van der Waals surface area contributed by atoms with Crippen molar-refractivity contribution >= 4 is 5.97 Å². The van der Waals surface area contributed by atoms with Crippen molar-refractivity contribution in [3.63, 3.8) is 0 Å². The molecule has 0 aromatic heterocycles. The number of phenols is 2. The maximum Gasteiger partial charge on any atom is 0.338 e. The van der Waals surface area contributed by atoms with Gasteiger partial charge in [0.2, 0.25) is 6.29 Å². The van der Waals surface area contributed by atoms with Gasteiger partial charge >= 0.3 is 5.97 Å². The van der Waals surface area contributed by atoms with Crippen molar-refractivity contribution in [3.8, 4) is 11.5 Å². The van der Waals surface area contributed by atoms with Gasteiger partial charge in [-0.15, -0.1) is 0 Å². The summed E-state index contributed by atoms with van der Waals surface area (Å²) in [4.78, 5) is 12.7. The number of rotatable bonds is 6. The van der Waals surface area contributed by atoms with Gasteiger partial charge in [-0.25, -0.2) is 4.79 Å². The number of phenolic OH excluding ortho intramolecular Hbond substituents is 2. The Kier molecular flexibility index (Phi) is 7.43. The molecule has 11 atom stereocenters. The Hall–Kier alpha value is -2.53. The van der Waals surface area contributed by atoms with Crippen molar-refractivity contribution in [3.05, 3.63) is 36.1 Å². The van der Waals surface area contributed by atoms with Crippen molar-refractivity contribution in [2.45, 2.75) is 54.8 Å². The summed E-state index contributed by atoms with van der Waals surface area (Å²) >= 11 is 0. The van der Waals surface area contributed by atoms with Crippen LogP contribution in [0.5, 0.6) is 11.5 Å². The first-order valence-electron chi connectivity index (χ1n) is 11.1. The summed E-state index contributed by atoms with van der Waals surface area (Å²) in [5, 5.41) is 90.7. The summed E-state index contributed by atoms with van der Waals surface area (Å²) in [6.45, 7) is -1.73. The van der Waals surface area contributed by atoms with Crippen LogP contribution in [0.25, 0.3) is 0 Å². The zero-order chi connectivity index (χ0) is 26.4. The minimum Gasteiger partial charge on any atom is -0.504 e. The molecule has 36 heavy (non-hydrogen) atoms. The fourth-order valence-corrected chi connectivity index (χ4v) is 4.79. The number of aliphatic hydroxyl groups excluding tert-OH is 6. The lowest BCUT2D eigenvalue weighted by atomic mass is 9.83. The highest BCUT2D eigenvalue weighted by atomic mass is 16.8. The van der Waals surface area contributed by atoms with E-state index in [1.165, 1.54) is 12.1 Å². The first-order chi connectivity index (χ1) is 17.0. The lowest BCUT2D eigenvalue weighted by Gasteiger charge is -2.43. The van der Waals surface area contributed by atoms with Crippen LogP contribution in [0, 0.1) is 11.8 Å². The molecule has 0 spiro atoms. The molecular formula is C22H28O14. The van der Waals surface area contributed by atoms with Gasteiger partial charge < -0.3 is 64.9 Å². The molecule has 0 unspecified atom stereocenters. The Morgan fingerprint density at radius 1 is 1.00 bits per heavy atom. The van der Waals surface area contributed by atoms with Crippen LogP contribution in [0.1, 0.15) is 10.4 Å². The van der Waals surface area contributed by atoms with Crippen LogP contribution in [-0.4, -0.2) is 120 Å². The number of hydrogen-bond donors (Lipinski definition) is 9. The van der Waals surface area contributed by atoms with Crippen molar-refractivity contribution in [2.75, 3.05) is 13.2 Å². The third-order valence-corrected chi connectivity index (χ3v) is 6.83. The van der Waals surface area contributed by atoms with Crippen LogP contribution in [0.4, 0.5) is 0 Å². The molecule has 3 aliphatic rings. The van der Waals surface area contributed by atoms with E-state index in [2.05, 4.69) is 0 Å². The van der Waals surface area contributed by atoms with Crippen molar-refractivity contribution in [1.82, 2.24) is 0 Å². The average molecular weight is 516 g/mol. The zero-order valence-corrected chi connectivity index (χ0v) is 18.6. The summed E-state index contributed by atoms with van der Waals surface area (Å²) < 4.78 is 21.7. The Morgan fingerprint density at radius 2 is 1.72 bits per heavy atom. The van der Waals surface area contributed by atoms with Crippen molar-refractivity contribution in [1.29, 1.82) is 0 Å². The van der Waals surface area contributed by atoms with E-state index in [0.717, 1.165) is 18.4 Å². The molecule has 1 saturated heterocycles. The van der Waals surface area contributed by atoms with Crippen LogP contribution >= 0.6 is 0 Å². The number of fused-ring (bicyclic) bond motifs is 1. The van der Waals surface area contributed by atoms with Gasteiger partial charge in [0.25, 0.3) is 0 Å². The minimum atomic E-state index is -2.34. The smallest absolute Gasteiger partial charge is 0.338 e. The van der Waals surface area contributed by atoms with Crippen LogP contribution in [0.2, 0.25) is 0 Å². The van der Waals surface area contributed by atoms with Gasteiger partial charge in [0, 0.05) is 5.92 Å². The Bertz CT molecular complexity index is 983. The van der Waals surface area contributed by atoms with Crippen LogP contribution in [0.3, 0.4) is 0 Å². The Labute approximate surface area is 203 Å². The number of aliphatic hydroxyl groups is 7. The molecule has 0 bridgehead atoms. The molecule has 1 aromatic carbocycles. The van der Waals surface area contributed by atoms with E-state index in [4.69, 9.17) is 18.9 Å². The highest BCUT2D eigenvalue weighted by molar-refractivity contribution is 5.90. The molecule has 2 fully saturated rings. The first kappa shape index (κ1) is 26.5. The van der Waals surface area contributed by atoms with Gasteiger partial charge in [-0.05, 0) is 24.3 Å². The SMILES string of the molecule is O=C(O[C@H]1[C@H]2C=CO[C@H](O[C@@H]3O[C@@H](CO)[C@@H](O)[C@@H](O)[C@H]3O)[C@@H]2[C@](O)(CO)[C@@H]1O)c1ccc(O)c(O)c1. The molecule has 0 radical (unpaired) electrons. The van der Waals surface area contributed by atoms with Gasteiger partial charge in [0.1, 0.15) is 42.2 Å². The maximum atomic E-state index is 12.7. The standard InChI is InChI=1S/C22H28O14/c23-6-12-14(27)15(28)16(29)21(34-12)36-20-13-9(3-4-33-20)17(18(30)22(13,32)7-24)35-19(31)8-1-2-10(25)11(26)5-8/h1-5,9,12-18,20-21,23-30,32H,6-7H2/t9-,12-,13+,14+,15+,16+,17-,18+,20+,21-,22+/m0/s1. The van der Waals surface area contributed by atoms with Gasteiger partial charge in [0.05, 0.1) is 31.0 Å². The second kappa shape index (κ2) is 10.1. The molecule has 9 N–H and O–H groups in total. The van der Waals surface area contributed by atoms with Gasteiger partial charge in [0.15, 0.2) is 17.8 Å². The van der Waals surface area contributed by atoms with Crippen LogP contribution in [-0.2, 0) is 18.9 Å². The van der Waals surface area contributed by atoms with E-state index >= 15 is 0 Å². The highest BCUT2D eigenvalue weighted by Crippen LogP contribution is 2.48. The normalized spacial score (nSPS) is 42.0. The monoisotopic (exact) mass is 516 g/mol. The van der Waals surface area contributed by atoms with E-state index < -0.39 is 97.3 Å². The summed E-state index contributed by atoms with van der Waals surface area (Å²) in [7, 11) is 0. The Balaban J connectivity index is 1.57. The fraction of sp³-hybridized carbons (Fsp3) is 0.591. The van der Waals surface area contributed by atoms with Gasteiger partial charge in [-0.3, -0.25) is 0 Å². The van der Waals surface area contributed by atoms with Crippen molar-refractivity contribution < 1.29 is 69.7 Å². The average Bonchev–Trinajstić information content (AvgIpc) is 3.08. The minimum absolute atomic E-state index is 0.168. The molecular weight excluding hydrogens is 488 g/mol. The second-order valence-corrected chi connectivity index (χ2v) is 8.94. The molecule has 0 amide bonds. The topological polar surface area (TPSA) is 236 Å². The molecule has 200 valence electrons. The van der Waals surface area contributed by atoms with Gasteiger partial charge in [-0.1, -0.05) is 0 Å². The van der Waals surface area contributed by atoms with E-state index in [1.54, 1.807) is 0 Å². The number of ether oxygens (including phenoxy) is 4. The first-order valence-corrected chi connectivity index (χ1v) is 11.1. The van der Waals surface area contributed by atoms with E-state index in [0.29, 0.717) is 0 Å². The van der Waals surface area contributed by atoms with Crippen LogP contribution in [0.15, 0.2) is 30.5 Å². The molecule has 1 aliphatic carbocycles. The molecule has 2 aliphatic heterocycles. The highest BCUT2D eigenvalue weighted by Gasteiger charge is 2.65. The summed E-state index contributed by atoms with van der Waals surface area (Å²) in [6, 6.07) is 3.17. The third kappa shape index (κ3) is 4.40. The van der Waals surface area contributed by atoms with E-state index in [1.807, 2.05) is 0 Å². The Morgan fingerprint density at radius 3 is 2.36 bits per heavy atom. The molecule has 2 heterocycles.